The van der Waals surface area contributed by atoms with Crippen LogP contribution in [0.4, 0.5) is 0 Å². The first-order valence-electron chi connectivity index (χ1n) is 8.31. The van der Waals surface area contributed by atoms with E-state index in [1.165, 1.54) is 0 Å². The molecule has 0 radical (unpaired) electrons. The molecule has 2 rings (SSSR count). The van der Waals surface area contributed by atoms with Crippen molar-refractivity contribution in [3.8, 4) is 11.5 Å². The minimum atomic E-state index is -0.895. The molecule has 0 aromatic heterocycles. The molecule has 0 bridgehead atoms. The standard InChI is InChI=1S/C18H25NO5/c1-4-9-24-15-8-5-12(10-16(15)23-3)11(2)19-17(20)13-6-7-14(13)18(21)22/h5,8,10-11,13-14H,4,6-7,9H2,1-3H3,(H,19,20)(H,21,22). The summed E-state index contributed by atoms with van der Waals surface area (Å²) in [5.41, 5.74) is 0.884. The summed E-state index contributed by atoms with van der Waals surface area (Å²) in [6.07, 6.45) is 2.10. The van der Waals surface area contributed by atoms with Crippen LogP contribution in [0.5, 0.6) is 11.5 Å². The van der Waals surface area contributed by atoms with E-state index < -0.39 is 17.8 Å². The fraction of sp³-hybridized carbons (Fsp3) is 0.556. The van der Waals surface area contributed by atoms with Gasteiger partial charge in [-0.3, -0.25) is 9.59 Å². The predicted octanol–water partition coefficient (Wildman–Crippen LogP) is 2.77. The van der Waals surface area contributed by atoms with Crippen molar-refractivity contribution >= 4 is 11.9 Å². The van der Waals surface area contributed by atoms with Crippen LogP contribution in [0.1, 0.15) is 44.7 Å². The van der Waals surface area contributed by atoms with Gasteiger partial charge in [0.2, 0.25) is 5.91 Å². The molecule has 1 aromatic rings. The third kappa shape index (κ3) is 3.99. The maximum atomic E-state index is 12.3. The Morgan fingerprint density at radius 3 is 2.54 bits per heavy atom. The third-order valence-corrected chi connectivity index (χ3v) is 4.44. The van der Waals surface area contributed by atoms with Crippen molar-refractivity contribution in [1.29, 1.82) is 0 Å². The zero-order valence-corrected chi connectivity index (χ0v) is 14.4. The van der Waals surface area contributed by atoms with Gasteiger partial charge in [-0.05, 0) is 43.9 Å². The number of nitrogens with one attached hydrogen (secondary N) is 1. The second kappa shape index (κ2) is 8.04. The molecule has 1 aliphatic carbocycles. The molecule has 24 heavy (non-hydrogen) atoms. The molecule has 3 unspecified atom stereocenters. The van der Waals surface area contributed by atoms with E-state index in [-0.39, 0.29) is 11.9 Å². The fourth-order valence-electron chi connectivity index (χ4n) is 2.80. The maximum absolute atomic E-state index is 12.3. The summed E-state index contributed by atoms with van der Waals surface area (Å²) in [5.74, 6) is -0.796. The molecule has 1 saturated carbocycles. The summed E-state index contributed by atoms with van der Waals surface area (Å²) in [5, 5.41) is 12.0. The molecule has 1 aromatic carbocycles. The summed E-state index contributed by atoms with van der Waals surface area (Å²) in [7, 11) is 1.58. The van der Waals surface area contributed by atoms with Crippen molar-refractivity contribution in [2.45, 2.75) is 39.2 Å². The molecule has 3 atom stereocenters. The number of rotatable bonds is 8. The average Bonchev–Trinajstić information content (AvgIpc) is 2.50. The van der Waals surface area contributed by atoms with E-state index in [2.05, 4.69) is 5.32 Å². The number of aliphatic carboxylic acids is 1. The summed E-state index contributed by atoms with van der Waals surface area (Å²) < 4.78 is 11.0. The minimum absolute atomic E-state index is 0.202. The van der Waals surface area contributed by atoms with E-state index in [1.54, 1.807) is 7.11 Å². The van der Waals surface area contributed by atoms with E-state index in [0.717, 1.165) is 12.0 Å². The van der Waals surface area contributed by atoms with Crippen LogP contribution in [-0.4, -0.2) is 30.7 Å². The summed E-state index contributed by atoms with van der Waals surface area (Å²) in [6.45, 7) is 4.51. The minimum Gasteiger partial charge on any atom is -0.493 e. The van der Waals surface area contributed by atoms with Gasteiger partial charge in [0.15, 0.2) is 11.5 Å². The number of carboxylic acid groups (broad SMARTS) is 1. The Kier molecular flexibility index (Phi) is 6.06. The molecule has 2 N–H and O–H groups in total. The van der Waals surface area contributed by atoms with E-state index in [1.807, 2.05) is 32.0 Å². The summed E-state index contributed by atoms with van der Waals surface area (Å²) >= 11 is 0. The topological polar surface area (TPSA) is 84.9 Å². The molecular weight excluding hydrogens is 310 g/mol. The van der Waals surface area contributed by atoms with Crippen molar-refractivity contribution in [1.82, 2.24) is 5.32 Å². The van der Waals surface area contributed by atoms with Crippen LogP contribution in [0.2, 0.25) is 0 Å². The summed E-state index contributed by atoms with van der Waals surface area (Å²) in [6, 6.07) is 5.32. The Morgan fingerprint density at radius 2 is 2.00 bits per heavy atom. The van der Waals surface area contributed by atoms with E-state index in [0.29, 0.717) is 30.9 Å². The van der Waals surface area contributed by atoms with Crippen LogP contribution >= 0.6 is 0 Å². The van der Waals surface area contributed by atoms with Crippen LogP contribution in [0, 0.1) is 11.8 Å². The molecule has 0 spiro atoms. The zero-order valence-electron chi connectivity index (χ0n) is 14.4. The van der Waals surface area contributed by atoms with Crippen molar-refractivity contribution in [2.24, 2.45) is 11.8 Å². The number of hydrogen-bond donors (Lipinski definition) is 2. The first kappa shape index (κ1) is 18.1. The lowest BCUT2D eigenvalue weighted by Crippen LogP contribution is -2.44. The first-order chi connectivity index (χ1) is 11.5. The molecule has 6 heteroatoms. The van der Waals surface area contributed by atoms with Crippen LogP contribution in [0.3, 0.4) is 0 Å². The SMILES string of the molecule is CCCOc1ccc(C(C)NC(=O)C2CCC2C(=O)O)cc1OC. The Labute approximate surface area is 142 Å². The fourth-order valence-corrected chi connectivity index (χ4v) is 2.80. The molecule has 6 nitrogen and oxygen atoms in total. The molecule has 1 aliphatic rings. The maximum Gasteiger partial charge on any atom is 0.307 e. The van der Waals surface area contributed by atoms with Gasteiger partial charge >= 0.3 is 5.97 Å². The number of carbonyl (C=O) groups is 2. The number of hydrogen-bond acceptors (Lipinski definition) is 4. The molecule has 0 saturated heterocycles. The van der Waals surface area contributed by atoms with Gasteiger partial charge in [-0.2, -0.15) is 0 Å². The highest BCUT2D eigenvalue weighted by Crippen LogP contribution is 2.35. The Balaban J connectivity index is 2.02. The largest absolute Gasteiger partial charge is 0.493 e. The van der Waals surface area contributed by atoms with Gasteiger partial charge < -0.3 is 19.9 Å². The summed E-state index contributed by atoms with van der Waals surface area (Å²) in [4.78, 5) is 23.3. The lowest BCUT2D eigenvalue weighted by Gasteiger charge is -2.33. The van der Waals surface area contributed by atoms with Gasteiger partial charge in [0.05, 0.1) is 31.6 Å². The highest BCUT2D eigenvalue weighted by Gasteiger charge is 2.41. The second-order valence-electron chi connectivity index (χ2n) is 6.12. The Hall–Kier alpha value is -2.24. The van der Waals surface area contributed by atoms with Crippen LogP contribution in [0.15, 0.2) is 18.2 Å². The van der Waals surface area contributed by atoms with Crippen LogP contribution in [0.25, 0.3) is 0 Å². The third-order valence-electron chi connectivity index (χ3n) is 4.44. The zero-order chi connectivity index (χ0) is 17.7. The number of ether oxygens (including phenoxy) is 2. The highest BCUT2D eigenvalue weighted by atomic mass is 16.5. The lowest BCUT2D eigenvalue weighted by atomic mass is 9.73. The molecule has 0 heterocycles. The first-order valence-corrected chi connectivity index (χ1v) is 8.31. The van der Waals surface area contributed by atoms with E-state index in [4.69, 9.17) is 14.6 Å². The van der Waals surface area contributed by atoms with Crippen molar-refractivity contribution < 1.29 is 24.2 Å². The van der Waals surface area contributed by atoms with E-state index in [9.17, 15) is 9.59 Å². The number of methoxy groups -OCH3 is 1. The number of carboxylic acids is 1. The highest BCUT2D eigenvalue weighted by molar-refractivity contribution is 5.86. The average molecular weight is 335 g/mol. The van der Waals surface area contributed by atoms with Gasteiger partial charge in [0.25, 0.3) is 0 Å². The smallest absolute Gasteiger partial charge is 0.307 e. The number of benzene rings is 1. The van der Waals surface area contributed by atoms with Crippen LogP contribution < -0.4 is 14.8 Å². The molecular formula is C18H25NO5. The Morgan fingerprint density at radius 1 is 1.29 bits per heavy atom. The van der Waals surface area contributed by atoms with Gasteiger partial charge in [0, 0.05) is 0 Å². The lowest BCUT2D eigenvalue weighted by molar-refractivity contribution is -0.152. The number of carbonyl (C=O) groups excluding carboxylic acids is 1. The van der Waals surface area contributed by atoms with Crippen molar-refractivity contribution in [2.75, 3.05) is 13.7 Å². The van der Waals surface area contributed by atoms with Gasteiger partial charge in [0.1, 0.15) is 0 Å². The van der Waals surface area contributed by atoms with E-state index >= 15 is 0 Å². The molecule has 1 fully saturated rings. The molecule has 132 valence electrons. The van der Waals surface area contributed by atoms with Crippen molar-refractivity contribution in [3.05, 3.63) is 23.8 Å². The molecule has 1 amide bonds. The van der Waals surface area contributed by atoms with Gasteiger partial charge in [-0.1, -0.05) is 13.0 Å². The van der Waals surface area contributed by atoms with Crippen molar-refractivity contribution in [3.63, 3.8) is 0 Å². The van der Waals surface area contributed by atoms with Gasteiger partial charge in [-0.25, -0.2) is 0 Å². The Bertz CT molecular complexity index is 601. The monoisotopic (exact) mass is 335 g/mol. The predicted molar refractivity (Wildman–Crippen MR) is 89.2 cm³/mol. The molecule has 0 aliphatic heterocycles. The number of amides is 1. The normalized spacial score (nSPS) is 20.6. The van der Waals surface area contributed by atoms with Crippen LogP contribution in [-0.2, 0) is 9.59 Å². The quantitative estimate of drug-likeness (QED) is 0.763. The van der Waals surface area contributed by atoms with Gasteiger partial charge in [-0.15, -0.1) is 0 Å². The second-order valence-corrected chi connectivity index (χ2v) is 6.12.